The first kappa shape index (κ1) is 37.7. The molecule has 280 valence electrons. The van der Waals surface area contributed by atoms with Gasteiger partial charge in [-0.2, -0.15) is 0 Å². The van der Waals surface area contributed by atoms with Crippen molar-refractivity contribution in [3.05, 3.63) is 117 Å². The lowest BCUT2D eigenvalue weighted by molar-refractivity contribution is 0.0942. The van der Waals surface area contributed by atoms with Gasteiger partial charge in [-0.1, -0.05) is 41.8 Å². The maximum atomic E-state index is 13.3. The molecule has 4 atom stereocenters. The molecule has 0 aliphatic carbocycles. The topological polar surface area (TPSA) is 191 Å². The molecule has 0 radical (unpaired) electrons. The number of nitrogens with zero attached hydrogens (tertiary/aromatic N) is 1. The molecule has 4 heterocycles. The summed E-state index contributed by atoms with van der Waals surface area (Å²) in [5, 5.41) is 12.0. The molecule has 1 aliphatic heterocycles. The smallest absolute Gasteiger partial charge is 0.274 e. The third kappa shape index (κ3) is 8.95. The lowest BCUT2D eigenvalue weighted by Crippen LogP contribution is -2.27. The highest BCUT2D eigenvalue weighted by atomic mass is 35.5. The van der Waals surface area contributed by atoms with Gasteiger partial charge in [-0.3, -0.25) is 25.0 Å². The van der Waals surface area contributed by atoms with Crippen LogP contribution >= 0.6 is 11.6 Å². The molecule has 4 unspecified atom stereocenters. The number of H-pyrrole nitrogens is 3. The Bertz CT molecular complexity index is 2150. The predicted octanol–water partition coefficient (Wildman–Crippen LogP) is 5.57. The van der Waals surface area contributed by atoms with E-state index in [9.17, 15) is 14.4 Å². The number of epoxide rings is 1. The molecule has 1 aliphatic rings. The Labute approximate surface area is 317 Å². The Morgan fingerprint density at radius 3 is 2.20 bits per heavy atom. The highest BCUT2D eigenvalue weighted by Gasteiger charge is 2.43. The lowest BCUT2D eigenvalue weighted by Gasteiger charge is -2.15. The molecule has 1 saturated heterocycles. The van der Waals surface area contributed by atoms with Crippen molar-refractivity contribution in [2.24, 2.45) is 0 Å². The first-order valence-electron chi connectivity index (χ1n) is 17.4. The van der Waals surface area contributed by atoms with E-state index < -0.39 is 17.9 Å². The number of nitrogens with one attached hydrogen (secondary N) is 7. The minimum absolute atomic E-state index is 0.106. The SMILES string of the molecule is C#Cc1ccc(C(C)Oc2cc(C(=O)NCC)[nH]c2C(=O)NCCc2cnc(NC(=O)c3cc(OC(C)c4ccc(Cl)cc4)c(C4OC4NC)[nH]3)[nH]2)cc1. The van der Waals surface area contributed by atoms with Crippen molar-refractivity contribution in [3.63, 3.8) is 0 Å². The average molecular weight is 753 g/mol. The number of hydrogen-bond donors (Lipinski definition) is 7. The van der Waals surface area contributed by atoms with E-state index >= 15 is 0 Å². The number of benzene rings is 2. The Morgan fingerprint density at radius 1 is 0.907 bits per heavy atom. The molecule has 0 spiro atoms. The largest absolute Gasteiger partial charge is 0.484 e. The standard InChI is InChI=1S/C39H41ClN8O6/c1-6-23-8-10-24(11-9-23)21(3)53-31-18-28(35(49)42-7-2)47-33(31)37(51)43-17-16-27-20-44-39(45-27)48-36(50)29-19-30(32(46-29)34-38(41-5)54-34)52-22(4)25-12-14-26(40)15-13-25/h1,8-15,18-22,34,38,41,46-47H,7,16-17H2,2-5H3,(H,42,49)(H,43,51)(H2,44,45,48,50). The Balaban J connectivity index is 1.07. The van der Waals surface area contributed by atoms with Crippen LogP contribution in [0.15, 0.2) is 66.9 Å². The Morgan fingerprint density at radius 2 is 1.56 bits per heavy atom. The van der Waals surface area contributed by atoms with Crippen LogP contribution in [0, 0.1) is 12.3 Å². The highest BCUT2D eigenvalue weighted by molar-refractivity contribution is 6.30. The maximum absolute atomic E-state index is 13.3. The van der Waals surface area contributed by atoms with Crippen molar-refractivity contribution in [2.45, 2.75) is 51.7 Å². The molecule has 14 nitrogen and oxygen atoms in total. The van der Waals surface area contributed by atoms with E-state index in [0.29, 0.717) is 35.1 Å². The minimum Gasteiger partial charge on any atom is -0.484 e. The fraction of sp³-hybridized carbons (Fsp3) is 0.282. The van der Waals surface area contributed by atoms with Crippen LogP contribution in [0.5, 0.6) is 11.5 Å². The number of terminal acetylenes is 1. The number of aromatic nitrogens is 4. The van der Waals surface area contributed by atoms with Crippen LogP contribution in [-0.2, 0) is 11.2 Å². The average Bonchev–Trinajstić information content (AvgIpc) is 3.42. The van der Waals surface area contributed by atoms with Crippen molar-refractivity contribution in [1.82, 2.24) is 35.9 Å². The quantitative estimate of drug-likeness (QED) is 0.0503. The van der Waals surface area contributed by atoms with Crippen molar-refractivity contribution >= 4 is 35.3 Å². The zero-order valence-corrected chi connectivity index (χ0v) is 30.9. The molecule has 1 fully saturated rings. The molecule has 54 heavy (non-hydrogen) atoms. The molecule has 3 aromatic heterocycles. The van der Waals surface area contributed by atoms with Crippen molar-refractivity contribution in [2.75, 3.05) is 25.5 Å². The van der Waals surface area contributed by atoms with Crippen LogP contribution in [-0.4, -0.2) is 64.0 Å². The van der Waals surface area contributed by atoms with Gasteiger partial charge in [-0.15, -0.1) is 6.42 Å². The second kappa shape index (κ2) is 16.8. The number of anilines is 1. The number of likely N-dealkylation sites (N-methyl/N-ethyl adjacent to an activating group) is 1. The summed E-state index contributed by atoms with van der Waals surface area (Å²) in [5.74, 6) is 2.25. The second-order valence-corrected chi connectivity index (χ2v) is 13.0. The number of amides is 3. The third-order valence-corrected chi connectivity index (χ3v) is 8.99. The predicted molar refractivity (Wildman–Crippen MR) is 203 cm³/mol. The number of rotatable bonds is 16. The summed E-state index contributed by atoms with van der Waals surface area (Å²) in [6, 6.07) is 17.8. The van der Waals surface area contributed by atoms with Crippen LogP contribution in [0.1, 0.15) is 98.6 Å². The van der Waals surface area contributed by atoms with E-state index in [1.807, 2.05) is 50.2 Å². The Hall–Kier alpha value is -6.01. The van der Waals surface area contributed by atoms with E-state index in [-0.39, 0.29) is 59.7 Å². The van der Waals surface area contributed by atoms with E-state index in [0.717, 1.165) is 16.7 Å². The van der Waals surface area contributed by atoms with Gasteiger partial charge >= 0.3 is 0 Å². The number of carbonyl (C=O) groups excluding carboxylic acids is 3. The number of carbonyl (C=O) groups is 3. The molecule has 0 saturated carbocycles. The summed E-state index contributed by atoms with van der Waals surface area (Å²) in [6.45, 7) is 6.18. The fourth-order valence-electron chi connectivity index (χ4n) is 5.73. The summed E-state index contributed by atoms with van der Waals surface area (Å²) >= 11 is 6.05. The summed E-state index contributed by atoms with van der Waals surface area (Å²) in [4.78, 5) is 52.7. The molecular weight excluding hydrogens is 712 g/mol. The van der Waals surface area contributed by atoms with Crippen molar-refractivity contribution in [3.8, 4) is 23.8 Å². The zero-order chi connectivity index (χ0) is 38.4. The molecule has 6 rings (SSSR count). The minimum atomic E-state index is -0.463. The first-order chi connectivity index (χ1) is 26.1. The van der Waals surface area contributed by atoms with E-state index in [1.54, 1.807) is 38.4 Å². The van der Waals surface area contributed by atoms with Gasteiger partial charge in [0.1, 0.15) is 47.4 Å². The van der Waals surface area contributed by atoms with E-state index in [1.165, 1.54) is 6.07 Å². The van der Waals surface area contributed by atoms with Gasteiger partial charge < -0.3 is 39.8 Å². The highest BCUT2D eigenvalue weighted by Crippen LogP contribution is 2.42. The second-order valence-electron chi connectivity index (χ2n) is 12.6. The molecule has 15 heteroatoms. The van der Waals surface area contributed by atoms with Gasteiger partial charge in [0.25, 0.3) is 17.7 Å². The molecule has 3 amide bonds. The van der Waals surface area contributed by atoms with Crippen LogP contribution in [0.25, 0.3) is 0 Å². The van der Waals surface area contributed by atoms with Gasteiger partial charge in [-0.25, -0.2) is 4.98 Å². The van der Waals surface area contributed by atoms with Crippen molar-refractivity contribution in [1.29, 1.82) is 0 Å². The van der Waals surface area contributed by atoms with Crippen LogP contribution in [0.2, 0.25) is 5.02 Å². The van der Waals surface area contributed by atoms with Crippen LogP contribution in [0.4, 0.5) is 5.95 Å². The van der Waals surface area contributed by atoms with E-state index in [2.05, 4.69) is 47.1 Å². The van der Waals surface area contributed by atoms with Gasteiger partial charge in [0, 0.05) is 47.9 Å². The number of halogens is 1. The molecular formula is C39H41ClN8O6. The van der Waals surface area contributed by atoms with Crippen molar-refractivity contribution < 1.29 is 28.6 Å². The molecule has 7 N–H and O–H groups in total. The monoisotopic (exact) mass is 752 g/mol. The fourth-order valence-corrected chi connectivity index (χ4v) is 5.86. The summed E-state index contributed by atoms with van der Waals surface area (Å²) in [6.07, 6.45) is 6.13. The molecule has 2 aromatic carbocycles. The summed E-state index contributed by atoms with van der Waals surface area (Å²) < 4.78 is 18.1. The van der Waals surface area contributed by atoms with Gasteiger partial charge in [0.05, 0.1) is 11.9 Å². The first-order valence-corrected chi connectivity index (χ1v) is 17.8. The molecule has 5 aromatic rings. The lowest BCUT2D eigenvalue weighted by atomic mass is 10.1. The number of hydrogen-bond acceptors (Lipinski definition) is 8. The summed E-state index contributed by atoms with van der Waals surface area (Å²) in [5.41, 5.74) is 4.36. The van der Waals surface area contributed by atoms with Gasteiger partial charge in [0.2, 0.25) is 5.95 Å². The molecule has 0 bridgehead atoms. The van der Waals surface area contributed by atoms with E-state index in [4.69, 9.17) is 32.2 Å². The maximum Gasteiger partial charge on any atom is 0.274 e. The Kier molecular flexibility index (Phi) is 11.7. The van der Waals surface area contributed by atoms with Gasteiger partial charge in [-0.05, 0) is 63.2 Å². The number of imidazole rings is 1. The number of aromatic amines is 3. The van der Waals surface area contributed by atoms with Crippen LogP contribution in [0.3, 0.4) is 0 Å². The zero-order valence-electron chi connectivity index (χ0n) is 30.1. The normalized spacial score (nSPS) is 15.8. The van der Waals surface area contributed by atoms with Gasteiger partial charge in [0.15, 0.2) is 5.75 Å². The summed E-state index contributed by atoms with van der Waals surface area (Å²) in [7, 11) is 1.79. The number of ether oxygens (including phenoxy) is 3. The van der Waals surface area contributed by atoms with Crippen LogP contribution < -0.4 is 30.7 Å². The third-order valence-electron chi connectivity index (χ3n) is 8.74.